The van der Waals surface area contributed by atoms with E-state index in [2.05, 4.69) is 0 Å². The summed E-state index contributed by atoms with van der Waals surface area (Å²) in [6.07, 6.45) is 0.272. The Hall–Kier alpha value is 0.0400. The lowest BCUT2D eigenvalue weighted by Gasteiger charge is -2.22. The smallest absolute Gasteiger partial charge is 0.382 e. The second-order valence-corrected chi connectivity index (χ2v) is 7.58. The maximum absolute atomic E-state index is 11.3. The zero-order valence-corrected chi connectivity index (χ0v) is 13.0. The molecule has 102 valence electrons. The van der Waals surface area contributed by atoms with Crippen molar-refractivity contribution in [2.45, 2.75) is 41.0 Å². The molecule has 0 aromatic carbocycles. The summed E-state index contributed by atoms with van der Waals surface area (Å²) >= 11 is 5.20. The van der Waals surface area contributed by atoms with Gasteiger partial charge in [0.1, 0.15) is 0 Å². The largest absolute Gasteiger partial charge is 0.391 e. The molecule has 0 aliphatic carbocycles. The normalized spacial score (nSPS) is 12.2. The SMILES string of the molecule is CCC(=O)OP(=S)(OCC(C)C)OCC(C)C. The van der Waals surface area contributed by atoms with Crippen molar-refractivity contribution in [3.8, 4) is 0 Å². The van der Waals surface area contributed by atoms with E-state index in [0.29, 0.717) is 25.0 Å². The van der Waals surface area contributed by atoms with Gasteiger partial charge in [0.05, 0.1) is 13.2 Å². The minimum absolute atomic E-state index is 0.272. The molecule has 0 saturated heterocycles. The van der Waals surface area contributed by atoms with Crippen molar-refractivity contribution >= 4 is 24.5 Å². The van der Waals surface area contributed by atoms with E-state index >= 15 is 0 Å². The van der Waals surface area contributed by atoms with Crippen LogP contribution in [0.1, 0.15) is 41.0 Å². The maximum Gasteiger partial charge on any atom is 0.382 e. The van der Waals surface area contributed by atoms with Gasteiger partial charge in [-0.2, -0.15) is 0 Å². The zero-order chi connectivity index (χ0) is 13.5. The van der Waals surface area contributed by atoms with Gasteiger partial charge in [0.2, 0.25) is 0 Å². The molecule has 17 heavy (non-hydrogen) atoms. The van der Waals surface area contributed by atoms with Crippen LogP contribution in [0, 0.1) is 11.8 Å². The molecule has 0 spiro atoms. The molecular weight excluding hydrogens is 259 g/mol. The van der Waals surface area contributed by atoms with Gasteiger partial charge in [-0.1, -0.05) is 34.6 Å². The monoisotopic (exact) mass is 282 g/mol. The quantitative estimate of drug-likeness (QED) is 0.637. The van der Waals surface area contributed by atoms with E-state index in [1.165, 1.54) is 0 Å². The lowest BCUT2D eigenvalue weighted by Crippen LogP contribution is -2.11. The Morgan fingerprint density at radius 3 is 1.82 bits per heavy atom. The van der Waals surface area contributed by atoms with E-state index in [-0.39, 0.29) is 12.4 Å². The minimum atomic E-state index is -2.92. The summed E-state index contributed by atoms with van der Waals surface area (Å²) in [5.41, 5.74) is 0. The number of rotatable bonds is 8. The lowest BCUT2D eigenvalue weighted by molar-refractivity contribution is -0.135. The highest BCUT2D eigenvalue weighted by molar-refractivity contribution is 8.07. The molecule has 0 rings (SSSR count). The van der Waals surface area contributed by atoms with Crippen molar-refractivity contribution in [1.29, 1.82) is 0 Å². The van der Waals surface area contributed by atoms with Gasteiger partial charge in [-0.25, -0.2) is 0 Å². The van der Waals surface area contributed by atoms with Gasteiger partial charge >= 0.3 is 12.7 Å². The first-order valence-electron chi connectivity index (χ1n) is 5.90. The summed E-state index contributed by atoms with van der Waals surface area (Å²) in [7, 11) is 0. The number of carbonyl (C=O) groups is 1. The summed E-state index contributed by atoms with van der Waals surface area (Å²) in [5.74, 6) is 0.265. The average molecular weight is 282 g/mol. The minimum Gasteiger partial charge on any atom is -0.391 e. The van der Waals surface area contributed by atoms with Gasteiger partial charge in [0.25, 0.3) is 0 Å². The van der Waals surface area contributed by atoms with Crippen LogP contribution in [0.15, 0.2) is 0 Å². The van der Waals surface area contributed by atoms with E-state index in [0.717, 1.165) is 0 Å². The third-order valence-corrected chi connectivity index (χ3v) is 3.85. The molecule has 0 aliphatic heterocycles. The molecule has 0 aliphatic rings. The molecule has 0 atom stereocenters. The van der Waals surface area contributed by atoms with Gasteiger partial charge in [-0.05, 0) is 11.8 Å². The molecule has 0 aromatic rings. The van der Waals surface area contributed by atoms with Crippen LogP contribution in [-0.4, -0.2) is 19.2 Å². The predicted octanol–water partition coefficient (Wildman–Crippen LogP) is 3.51. The Morgan fingerprint density at radius 1 is 1.12 bits per heavy atom. The summed E-state index contributed by atoms with van der Waals surface area (Å²) in [6.45, 7) is 7.69. The third-order valence-electron chi connectivity index (χ3n) is 1.63. The number of carbonyl (C=O) groups excluding carboxylic acids is 1. The predicted molar refractivity (Wildman–Crippen MR) is 72.2 cm³/mol. The van der Waals surface area contributed by atoms with Crippen molar-refractivity contribution in [2.24, 2.45) is 11.8 Å². The molecule has 0 unspecified atom stereocenters. The summed E-state index contributed by atoms with van der Waals surface area (Å²) in [4.78, 5) is 11.3. The molecule has 0 bridgehead atoms. The first kappa shape index (κ1) is 17.0. The molecule has 0 fully saturated rings. The van der Waals surface area contributed by atoms with Crippen LogP contribution < -0.4 is 0 Å². The summed E-state index contributed by atoms with van der Waals surface area (Å²) in [6, 6.07) is 0. The first-order chi connectivity index (χ1) is 7.79. The first-order valence-corrected chi connectivity index (χ1v) is 8.46. The topological polar surface area (TPSA) is 44.8 Å². The molecule has 0 saturated carbocycles. The zero-order valence-electron chi connectivity index (χ0n) is 11.3. The van der Waals surface area contributed by atoms with Crippen LogP contribution in [0.4, 0.5) is 0 Å². The fourth-order valence-electron chi connectivity index (χ4n) is 0.760. The highest BCUT2D eigenvalue weighted by Gasteiger charge is 2.25. The van der Waals surface area contributed by atoms with Gasteiger partial charge < -0.3 is 4.52 Å². The standard InChI is InChI=1S/C11H23O4PS/c1-6-11(12)15-16(17,13-7-9(2)3)14-8-10(4)5/h9-10H,6-8H2,1-5H3. The van der Waals surface area contributed by atoms with Gasteiger partial charge in [-0.3, -0.25) is 13.8 Å². The molecule has 4 nitrogen and oxygen atoms in total. The summed E-state index contributed by atoms with van der Waals surface area (Å²) < 4.78 is 16.1. The Kier molecular flexibility index (Phi) is 8.22. The molecule has 6 heteroatoms. The van der Waals surface area contributed by atoms with Crippen LogP contribution in [0.2, 0.25) is 0 Å². The van der Waals surface area contributed by atoms with Gasteiger partial charge in [0, 0.05) is 18.2 Å². The number of hydrogen-bond acceptors (Lipinski definition) is 5. The second kappa shape index (κ2) is 8.20. The lowest BCUT2D eigenvalue weighted by atomic mass is 10.2. The van der Waals surface area contributed by atoms with E-state index in [9.17, 15) is 4.79 Å². The Labute approximate surface area is 109 Å². The van der Waals surface area contributed by atoms with Crippen molar-refractivity contribution in [3.63, 3.8) is 0 Å². The van der Waals surface area contributed by atoms with Crippen molar-refractivity contribution in [2.75, 3.05) is 13.2 Å². The van der Waals surface area contributed by atoms with Crippen LogP contribution in [0.25, 0.3) is 0 Å². The van der Waals surface area contributed by atoms with E-state index in [1.54, 1.807) is 6.92 Å². The Balaban J connectivity index is 4.45. The van der Waals surface area contributed by atoms with E-state index in [1.807, 2.05) is 27.7 Å². The number of hydrogen-bond donors (Lipinski definition) is 0. The highest BCUT2D eigenvalue weighted by Crippen LogP contribution is 2.50. The molecule has 0 heterocycles. The Bertz CT molecular complexity index is 263. The van der Waals surface area contributed by atoms with Crippen LogP contribution in [-0.2, 0) is 30.2 Å². The molecular formula is C11H23O4PS. The van der Waals surface area contributed by atoms with Crippen LogP contribution in [0.3, 0.4) is 0 Å². The maximum atomic E-state index is 11.3. The van der Waals surface area contributed by atoms with E-state index < -0.39 is 6.72 Å². The second-order valence-electron chi connectivity index (χ2n) is 4.64. The Morgan fingerprint density at radius 2 is 1.53 bits per heavy atom. The average Bonchev–Trinajstić information content (AvgIpc) is 2.24. The van der Waals surface area contributed by atoms with Crippen molar-refractivity contribution in [1.82, 2.24) is 0 Å². The third kappa shape index (κ3) is 8.72. The molecule has 0 radical (unpaired) electrons. The molecule has 0 N–H and O–H groups in total. The van der Waals surface area contributed by atoms with Gasteiger partial charge in [-0.15, -0.1) is 0 Å². The van der Waals surface area contributed by atoms with Gasteiger partial charge in [0.15, 0.2) is 0 Å². The molecule has 0 amide bonds. The van der Waals surface area contributed by atoms with Crippen molar-refractivity contribution in [3.05, 3.63) is 0 Å². The van der Waals surface area contributed by atoms with Crippen LogP contribution >= 0.6 is 6.72 Å². The fourth-order valence-corrected chi connectivity index (χ4v) is 2.89. The molecule has 0 aromatic heterocycles. The summed E-state index contributed by atoms with van der Waals surface area (Å²) in [5, 5.41) is 0. The highest BCUT2D eigenvalue weighted by atomic mass is 32.5. The van der Waals surface area contributed by atoms with Crippen molar-refractivity contribution < 1.29 is 18.4 Å². The van der Waals surface area contributed by atoms with Crippen LogP contribution in [0.5, 0.6) is 0 Å². The van der Waals surface area contributed by atoms with E-state index in [4.69, 9.17) is 25.4 Å². The fraction of sp³-hybridized carbons (Fsp3) is 0.909.